The topological polar surface area (TPSA) is 15.6 Å². The summed E-state index contributed by atoms with van der Waals surface area (Å²) in [4.78, 5) is 0. The van der Waals surface area contributed by atoms with Crippen molar-refractivity contribution in [3.63, 3.8) is 0 Å². The van der Waals surface area contributed by atoms with E-state index in [2.05, 4.69) is 53.6 Å². The lowest BCUT2D eigenvalue weighted by Gasteiger charge is -2.50. The van der Waals surface area contributed by atoms with Gasteiger partial charge in [0.05, 0.1) is 5.54 Å². The molecular weight excluding hydrogens is 316 g/mol. The zero-order valence-corrected chi connectivity index (χ0v) is 19.0. The van der Waals surface area contributed by atoms with Gasteiger partial charge in [0.2, 0.25) is 0 Å². The van der Waals surface area contributed by atoms with Crippen molar-refractivity contribution in [3.8, 4) is 0 Å². The lowest BCUT2D eigenvalue weighted by atomic mass is 9.68. The molecule has 152 valence electrons. The molecule has 0 saturated heterocycles. The van der Waals surface area contributed by atoms with Crippen LogP contribution in [-0.2, 0) is 0 Å². The van der Waals surface area contributed by atoms with Gasteiger partial charge in [-0.25, -0.2) is 0 Å². The maximum absolute atomic E-state index is 5.39. The summed E-state index contributed by atoms with van der Waals surface area (Å²) in [5.74, 6) is 0.832. The minimum atomic E-state index is 0.114. The fourth-order valence-corrected chi connectivity index (χ4v) is 5.83. The van der Waals surface area contributed by atoms with E-state index in [-0.39, 0.29) is 10.8 Å². The number of rotatable bonds is 3. The molecule has 2 fully saturated rings. The molecular formula is C24H46N2. The van der Waals surface area contributed by atoms with Crippen molar-refractivity contribution in [1.82, 2.24) is 5.01 Å². The maximum Gasteiger partial charge on any atom is 0.0604 e. The van der Waals surface area contributed by atoms with Crippen LogP contribution in [0, 0.1) is 16.7 Å². The second-order valence-electron chi connectivity index (χ2n) is 11.2. The summed E-state index contributed by atoms with van der Waals surface area (Å²) in [6.07, 6.45) is 16.9. The molecule has 0 amide bonds. The van der Waals surface area contributed by atoms with Crippen LogP contribution in [0.5, 0.6) is 0 Å². The normalized spacial score (nSPS) is 23.0. The summed E-state index contributed by atoms with van der Waals surface area (Å²) in [5, 5.41) is 7.87. The van der Waals surface area contributed by atoms with Crippen LogP contribution in [0.4, 0.5) is 0 Å². The van der Waals surface area contributed by atoms with Gasteiger partial charge in [-0.05, 0) is 31.6 Å². The van der Waals surface area contributed by atoms with Crippen LogP contribution in [0.25, 0.3) is 0 Å². The van der Waals surface area contributed by atoms with Crippen LogP contribution in [0.15, 0.2) is 5.10 Å². The Morgan fingerprint density at radius 3 is 1.62 bits per heavy atom. The number of hydrogen-bond acceptors (Lipinski definition) is 2. The van der Waals surface area contributed by atoms with Crippen LogP contribution < -0.4 is 0 Å². The molecule has 2 aliphatic rings. The largest absolute Gasteiger partial charge is 0.294 e. The van der Waals surface area contributed by atoms with Crippen molar-refractivity contribution in [2.45, 2.75) is 124 Å². The first-order valence-electron chi connectivity index (χ1n) is 11.4. The third kappa shape index (κ3) is 5.26. The SMILES string of the molecule is CN(N=C(C(C)(C)C)C(C)(C)C)C1(C2CCCCCCC2)CCCCC1. The minimum Gasteiger partial charge on any atom is -0.294 e. The lowest BCUT2D eigenvalue weighted by Crippen LogP contribution is -2.52. The van der Waals surface area contributed by atoms with Crippen LogP contribution >= 0.6 is 0 Å². The average molecular weight is 363 g/mol. The predicted molar refractivity (Wildman–Crippen MR) is 116 cm³/mol. The zero-order chi connectivity index (χ0) is 19.4. The van der Waals surface area contributed by atoms with Crippen LogP contribution in [-0.4, -0.2) is 23.3 Å². The van der Waals surface area contributed by atoms with Crippen molar-refractivity contribution < 1.29 is 0 Å². The van der Waals surface area contributed by atoms with Gasteiger partial charge in [0, 0.05) is 23.6 Å². The van der Waals surface area contributed by atoms with Crippen LogP contribution in [0.2, 0.25) is 0 Å². The quantitative estimate of drug-likeness (QED) is 0.376. The van der Waals surface area contributed by atoms with Crippen molar-refractivity contribution in [3.05, 3.63) is 0 Å². The van der Waals surface area contributed by atoms with E-state index >= 15 is 0 Å². The van der Waals surface area contributed by atoms with Crippen molar-refractivity contribution in [1.29, 1.82) is 0 Å². The van der Waals surface area contributed by atoms with E-state index in [1.807, 2.05) is 0 Å². The Kier molecular flexibility index (Phi) is 7.24. The highest BCUT2D eigenvalue weighted by atomic mass is 15.5. The molecule has 0 atom stereocenters. The van der Waals surface area contributed by atoms with E-state index in [1.54, 1.807) is 0 Å². The minimum absolute atomic E-state index is 0.114. The van der Waals surface area contributed by atoms with Gasteiger partial charge in [-0.1, -0.05) is 92.9 Å². The molecule has 0 unspecified atom stereocenters. The highest BCUT2D eigenvalue weighted by Gasteiger charge is 2.43. The highest BCUT2D eigenvalue weighted by molar-refractivity contribution is 5.93. The summed E-state index contributed by atoms with van der Waals surface area (Å²) in [5.41, 5.74) is 1.88. The summed E-state index contributed by atoms with van der Waals surface area (Å²) in [7, 11) is 2.31. The second kappa shape index (κ2) is 8.65. The molecule has 0 spiro atoms. The Balaban J connectivity index is 2.36. The van der Waals surface area contributed by atoms with Crippen LogP contribution in [0.1, 0.15) is 119 Å². The van der Waals surface area contributed by atoms with Gasteiger partial charge in [0.1, 0.15) is 0 Å². The molecule has 0 radical (unpaired) electrons. The molecule has 2 aliphatic carbocycles. The van der Waals surface area contributed by atoms with E-state index in [9.17, 15) is 0 Å². The van der Waals surface area contributed by atoms with Crippen molar-refractivity contribution in [2.24, 2.45) is 21.8 Å². The molecule has 2 heteroatoms. The Morgan fingerprint density at radius 2 is 1.15 bits per heavy atom. The van der Waals surface area contributed by atoms with Crippen LogP contribution in [0.3, 0.4) is 0 Å². The number of hydrogen-bond donors (Lipinski definition) is 0. The lowest BCUT2D eigenvalue weighted by molar-refractivity contribution is 0.00669. The Hall–Kier alpha value is -0.530. The molecule has 2 nitrogen and oxygen atoms in total. The molecule has 2 saturated carbocycles. The molecule has 0 heterocycles. The first kappa shape index (κ1) is 21.8. The molecule has 0 bridgehead atoms. The fourth-order valence-electron chi connectivity index (χ4n) is 5.83. The van der Waals surface area contributed by atoms with E-state index in [0.29, 0.717) is 5.54 Å². The third-order valence-electron chi connectivity index (χ3n) is 6.90. The summed E-state index contributed by atoms with van der Waals surface area (Å²) < 4.78 is 0. The van der Waals surface area contributed by atoms with Gasteiger partial charge >= 0.3 is 0 Å². The van der Waals surface area contributed by atoms with Crippen molar-refractivity contribution in [2.75, 3.05) is 7.05 Å². The molecule has 0 N–H and O–H groups in total. The third-order valence-corrected chi connectivity index (χ3v) is 6.90. The molecule has 2 rings (SSSR count). The van der Waals surface area contributed by atoms with E-state index in [1.165, 1.54) is 82.8 Å². The first-order valence-corrected chi connectivity index (χ1v) is 11.4. The second-order valence-corrected chi connectivity index (χ2v) is 11.2. The summed E-state index contributed by atoms with van der Waals surface area (Å²) in [6.45, 7) is 14.0. The monoisotopic (exact) mass is 362 g/mol. The molecule has 0 aromatic heterocycles. The van der Waals surface area contributed by atoms with Gasteiger partial charge in [0.25, 0.3) is 0 Å². The Morgan fingerprint density at radius 1 is 0.731 bits per heavy atom. The van der Waals surface area contributed by atoms with Gasteiger partial charge in [-0.15, -0.1) is 0 Å². The smallest absolute Gasteiger partial charge is 0.0604 e. The molecule has 0 aliphatic heterocycles. The summed E-state index contributed by atoms with van der Waals surface area (Å²) >= 11 is 0. The maximum atomic E-state index is 5.39. The van der Waals surface area contributed by atoms with Gasteiger partial charge in [0.15, 0.2) is 0 Å². The Labute approximate surface area is 164 Å². The van der Waals surface area contributed by atoms with Gasteiger partial charge in [-0.2, -0.15) is 5.10 Å². The van der Waals surface area contributed by atoms with Gasteiger partial charge in [-0.3, -0.25) is 5.01 Å². The Bertz CT molecular complexity index is 434. The average Bonchev–Trinajstić information content (AvgIpc) is 2.50. The zero-order valence-electron chi connectivity index (χ0n) is 19.0. The fraction of sp³-hybridized carbons (Fsp3) is 0.958. The predicted octanol–water partition coefficient (Wildman–Crippen LogP) is 7.43. The molecule has 0 aromatic rings. The standard InChI is InChI=1S/C24H46N2/c1-22(2,3)21(23(4,5)6)25-26(7)24(18-14-11-15-19-24)20-16-12-9-8-10-13-17-20/h20H,8-19H2,1-7H3. The molecule has 26 heavy (non-hydrogen) atoms. The highest BCUT2D eigenvalue weighted by Crippen LogP contribution is 2.45. The van der Waals surface area contributed by atoms with E-state index in [4.69, 9.17) is 5.10 Å². The van der Waals surface area contributed by atoms with Gasteiger partial charge < -0.3 is 0 Å². The number of hydrazone groups is 1. The molecule has 0 aromatic carbocycles. The van der Waals surface area contributed by atoms with E-state index in [0.717, 1.165) is 5.92 Å². The first-order chi connectivity index (χ1) is 12.1. The van der Waals surface area contributed by atoms with Crippen molar-refractivity contribution >= 4 is 5.71 Å². The summed E-state index contributed by atoms with van der Waals surface area (Å²) in [6, 6.07) is 0. The van der Waals surface area contributed by atoms with E-state index < -0.39 is 0 Å². The number of nitrogens with zero attached hydrogens (tertiary/aromatic N) is 2.